The number of nitrogens with one attached hydrogen (secondary N) is 1. The molecule has 0 fully saturated rings. The number of halogens is 2. The average molecular weight is 336 g/mol. The summed E-state index contributed by atoms with van der Waals surface area (Å²) < 4.78 is 22.1. The molecule has 0 bridgehead atoms. The van der Waals surface area contributed by atoms with Crippen LogP contribution in [-0.2, 0) is 9.13 Å². The first kappa shape index (κ1) is 16.0. The van der Waals surface area contributed by atoms with Crippen LogP contribution in [0.15, 0.2) is 18.2 Å². The molecule has 0 saturated heterocycles. The number of rotatable bonds is 4. The molecule has 1 aromatic carbocycles. The van der Waals surface area contributed by atoms with Crippen molar-refractivity contribution < 1.29 is 28.7 Å². The molecule has 11 heteroatoms. The fourth-order valence-corrected chi connectivity index (χ4v) is 3.80. The van der Waals surface area contributed by atoms with E-state index in [-0.39, 0.29) is 15.7 Å². The van der Waals surface area contributed by atoms with E-state index in [0.717, 1.165) is 0 Å². The highest BCUT2D eigenvalue weighted by atomic mass is 35.5. The summed E-state index contributed by atoms with van der Waals surface area (Å²) in [6.07, 6.45) is 0. The van der Waals surface area contributed by atoms with Crippen molar-refractivity contribution in [2.24, 2.45) is 0 Å². The van der Waals surface area contributed by atoms with Crippen molar-refractivity contribution in [3.05, 3.63) is 28.2 Å². The van der Waals surface area contributed by atoms with Gasteiger partial charge in [0.1, 0.15) is 0 Å². The van der Waals surface area contributed by atoms with Crippen LogP contribution in [0.1, 0.15) is 0 Å². The predicted molar refractivity (Wildman–Crippen MR) is 68.0 cm³/mol. The summed E-state index contributed by atoms with van der Waals surface area (Å²) >= 11 is 11.4. The zero-order chi connectivity index (χ0) is 14.1. The van der Waals surface area contributed by atoms with Gasteiger partial charge in [-0.1, -0.05) is 29.3 Å². The molecule has 0 aliphatic heterocycles. The number of anilines is 1. The van der Waals surface area contributed by atoms with Crippen LogP contribution < -0.4 is 5.32 Å². The van der Waals surface area contributed by atoms with E-state index in [1.54, 1.807) is 0 Å². The van der Waals surface area contributed by atoms with Crippen molar-refractivity contribution in [1.29, 1.82) is 0 Å². The summed E-state index contributed by atoms with van der Waals surface area (Å²) in [5, 5.41) is 1.97. The summed E-state index contributed by atoms with van der Waals surface area (Å²) in [5.41, 5.74) is -2.56. The molecule has 0 aliphatic rings. The number of benzene rings is 1. The van der Waals surface area contributed by atoms with Gasteiger partial charge in [-0.25, -0.2) is 0 Å². The van der Waals surface area contributed by atoms with E-state index in [1.807, 2.05) is 5.32 Å². The van der Waals surface area contributed by atoms with Crippen LogP contribution in [0.3, 0.4) is 0 Å². The maximum absolute atomic E-state index is 11.1. The van der Waals surface area contributed by atoms with E-state index < -0.39 is 20.7 Å². The minimum atomic E-state index is -5.09. The Bertz CT molecular complexity index is 498. The monoisotopic (exact) mass is 335 g/mol. The minimum Gasteiger partial charge on any atom is -0.359 e. The second kappa shape index (κ2) is 5.49. The van der Waals surface area contributed by atoms with E-state index >= 15 is 0 Å². The number of hydrogen-bond donors (Lipinski definition) is 5. The summed E-state index contributed by atoms with van der Waals surface area (Å²) in [5.74, 6) is 0. The maximum atomic E-state index is 11.1. The first-order valence-electron chi connectivity index (χ1n) is 4.34. The van der Waals surface area contributed by atoms with Crippen molar-refractivity contribution in [2.45, 2.75) is 5.52 Å². The standard InChI is InChI=1S/C7H9Cl2NO6P2/c8-4-2-1-3-5(9)6(4)10-7(17(11,12)13)18(14,15)16/h1-3,7,10H,(H2,11,12,13)(H2,14,15,16). The molecule has 0 heterocycles. The Kier molecular flexibility index (Phi) is 4.87. The van der Waals surface area contributed by atoms with Crippen molar-refractivity contribution in [2.75, 3.05) is 5.32 Å². The second-order valence-electron chi connectivity index (χ2n) is 3.29. The van der Waals surface area contributed by atoms with Gasteiger partial charge in [-0.05, 0) is 12.1 Å². The first-order valence-corrected chi connectivity index (χ1v) is 8.46. The largest absolute Gasteiger partial charge is 0.360 e. The molecule has 0 unspecified atom stereocenters. The Morgan fingerprint density at radius 3 is 1.72 bits per heavy atom. The van der Waals surface area contributed by atoms with Crippen LogP contribution in [0.2, 0.25) is 10.0 Å². The zero-order valence-electron chi connectivity index (χ0n) is 8.57. The van der Waals surface area contributed by atoms with Gasteiger partial charge < -0.3 is 24.9 Å². The molecule has 1 rings (SSSR count). The van der Waals surface area contributed by atoms with E-state index in [9.17, 15) is 9.13 Å². The van der Waals surface area contributed by atoms with Crippen LogP contribution in [0.4, 0.5) is 5.69 Å². The van der Waals surface area contributed by atoms with Gasteiger partial charge in [-0.3, -0.25) is 9.13 Å². The minimum absolute atomic E-state index is 0.0191. The van der Waals surface area contributed by atoms with Crippen LogP contribution >= 0.6 is 38.4 Å². The molecule has 0 atom stereocenters. The van der Waals surface area contributed by atoms with Crippen molar-refractivity contribution in [3.63, 3.8) is 0 Å². The molecular weight excluding hydrogens is 327 g/mol. The maximum Gasteiger partial charge on any atom is 0.360 e. The number of hydrogen-bond acceptors (Lipinski definition) is 3. The van der Waals surface area contributed by atoms with Gasteiger partial charge >= 0.3 is 15.2 Å². The highest BCUT2D eigenvalue weighted by Crippen LogP contribution is 2.60. The fourth-order valence-electron chi connectivity index (χ4n) is 1.13. The van der Waals surface area contributed by atoms with Crippen molar-refractivity contribution >= 4 is 44.1 Å². The molecule has 0 amide bonds. The van der Waals surface area contributed by atoms with E-state index in [4.69, 9.17) is 42.8 Å². The smallest absolute Gasteiger partial charge is 0.359 e. The number of para-hydroxylation sites is 1. The Hall–Kier alpha value is -0.100. The van der Waals surface area contributed by atoms with Crippen LogP contribution in [-0.4, -0.2) is 25.1 Å². The lowest BCUT2D eigenvalue weighted by molar-refractivity contribution is 0.343. The molecule has 7 nitrogen and oxygen atoms in total. The Balaban J connectivity index is 3.21. The molecule has 5 N–H and O–H groups in total. The molecule has 1 aromatic rings. The lowest BCUT2D eigenvalue weighted by Gasteiger charge is -2.22. The van der Waals surface area contributed by atoms with Gasteiger partial charge in [-0.15, -0.1) is 0 Å². The Morgan fingerprint density at radius 2 is 1.39 bits per heavy atom. The van der Waals surface area contributed by atoms with Crippen molar-refractivity contribution in [3.8, 4) is 0 Å². The summed E-state index contributed by atoms with van der Waals surface area (Å²) in [4.78, 5) is 35.7. The van der Waals surface area contributed by atoms with E-state index in [0.29, 0.717) is 0 Å². The van der Waals surface area contributed by atoms with Crippen LogP contribution in [0, 0.1) is 0 Å². The second-order valence-corrected chi connectivity index (χ2v) is 7.90. The normalized spacial score (nSPS) is 12.8. The lowest BCUT2D eigenvalue weighted by atomic mass is 10.3. The quantitative estimate of drug-likeness (QED) is 0.533. The van der Waals surface area contributed by atoms with Gasteiger partial charge in [0, 0.05) is 0 Å². The fraction of sp³-hybridized carbons (Fsp3) is 0.143. The van der Waals surface area contributed by atoms with E-state index in [2.05, 4.69) is 0 Å². The molecule has 0 radical (unpaired) electrons. The molecule has 0 aromatic heterocycles. The summed E-state index contributed by atoms with van der Waals surface area (Å²) in [6, 6.07) is 4.18. The van der Waals surface area contributed by atoms with E-state index in [1.165, 1.54) is 18.2 Å². The van der Waals surface area contributed by atoms with Crippen LogP contribution in [0.5, 0.6) is 0 Å². The molecular formula is C7H9Cl2NO6P2. The van der Waals surface area contributed by atoms with Crippen LogP contribution in [0.25, 0.3) is 0 Å². The van der Waals surface area contributed by atoms with Gasteiger partial charge in [0.2, 0.25) is 5.52 Å². The topological polar surface area (TPSA) is 127 Å². The Labute approximate surface area is 112 Å². The molecule has 0 saturated carbocycles. The SMILES string of the molecule is O=P(O)(O)C(Nc1c(Cl)cccc1Cl)P(=O)(O)O. The Morgan fingerprint density at radius 1 is 1.00 bits per heavy atom. The van der Waals surface area contributed by atoms with Gasteiger partial charge in [0.15, 0.2) is 0 Å². The summed E-state index contributed by atoms with van der Waals surface area (Å²) in [6.45, 7) is 0. The summed E-state index contributed by atoms with van der Waals surface area (Å²) in [7, 11) is -10.2. The van der Waals surface area contributed by atoms with Gasteiger partial charge in [-0.2, -0.15) is 0 Å². The molecule has 0 spiro atoms. The lowest BCUT2D eigenvalue weighted by Crippen LogP contribution is -2.20. The highest BCUT2D eigenvalue weighted by Gasteiger charge is 2.44. The highest BCUT2D eigenvalue weighted by molar-refractivity contribution is 7.71. The van der Waals surface area contributed by atoms with Crippen molar-refractivity contribution in [1.82, 2.24) is 0 Å². The van der Waals surface area contributed by atoms with Gasteiger partial charge in [0.25, 0.3) is 0 Å². The first-order chi connectivity index (χ1) is 8.03. The zero-order valence-corrected chi connectivity index (χ0v) is 11.9. The molecule has 102 valence electrons. The molecule has 0 aliphatic carbocycles. The average Bonchev–Trinajstić information content (AvgIpc) is 2.12. The third kappa shape index (κ3) is 3.95. The van der Waals surface area contributed by atoms with Gasteiger partial charge in [0.05, 0.1) is 15.7 Å². The third-order valence-corrected chi connectivity index (χ3v) is 5.84. The molecule has 18 heavy (non-hydrogen) atoms. The third-order valence-electron chi connectivity index (χ3n) is 1.87. The predicted octanol–water partition coefficient (Wildman–Crippen LogP) is 2.04.